The highest BCUT2D eigenvalue weighted by atomic mass is 32.2. The van der Waals surface area contributed by atoms with Gasteiger partial charge in [-0.05, 0) is 33.7 Å². The summed E-state index contributed by atoms with van der Waals surface area (Å²) in [6.45, 7) is -0.542. The van der Waals surface area contributed by atoms with Gasteiger partial charge in [0.1, 0.15) is 29.8 Å². The van der Waals surface area contributed by atoms with Gasteiger partial charge in [0.15, 0.2) is 6.10 Å². The van der Waals surface area contributed by atoms with Crippen LogP contribution in [-0.4, -0.2) is 106 Å². The number of anilines is 1. The van der Waals surface area contributed by atoms with Crippen LogP contribution in [0.2, 0.25) is 0 Å². The second kappa shape index (κ2) is 12.5. The number of benzene rings is 1. The van der Waals surface area contributed by atoms with Gasteiger partial charge in [-0.1, -0.05) is 23.9 Å². The highest BCUT2D eigenvalue weighted by molar-refractivity contribution is 8.01. The van der Waals surface area contributed by atoms with Crippen LogP contribution in [0.4, 0.5) is 10.5 Å². The lowest BCUT2D eigenvalue weighted by Gasteiger charge is -2.49. The Morgan fingerprint density at radius 1 is 1.24 bits per heavy atom. The summed E-state index contributed by atoms with van der Waals surface area (Å²) in [7, 11) is 1.65. The molecular formula is C22H24N8O9S2. The van der Waals surface area contributed by atoms with Crippen LogP contribution in [0.15, 0.2) is 40.7 Å². The number of hydrogen-bond acceptors (Lipinski definition) is 13. The number of ether oxygens (including phenoxy) is 1. The van der Waals surface area contributed by atoms with Crippen LogP contribution in [0.5, 0.6) is 0 Å². The number of nitrogens with one attached hydrogen (secondary N) is 2. The summed E-state index contributed by atoms with van der Waals surface area (Å²) in [6, 6.07) is 3.04. The van der Waals surface area contributed by atoms with Crippen molar-refractivity contribution >= 4 is 59.1 Å². The van der Waals surface area contributed by atoms with Crippen molar-refractivity contribution in [2.75, 3.05) is 23.4 Å². The number of carbonyl (C=O) groups excluding carboxylic acids is 3. The monoisotopic (exact) mass is 608 g/mol. The summed E-state index contributed by atoms with van der Waals surface area (Å²) in [5.74, 6) is -3.56. The topological polar surface area (TPSA) is 252 Å². The first-order valence-electron chi connectivity index (χ1n) is 11.7. The number of fused-ring (bicyclic) bond motifs is 1. The van der Waals surface area contributed by atoms with Crippen molar-refractivity contribution in [3.05, 3.63) is 41.1 Å². The van der Waals surface area contributed by atoms with Gasteiger partial charge in [-0.2, -0.15) is 0 Å². The van der Waals surface area contributed by atoms with Crippen molar-refractivity contribution in [3.8, 4) is 0 Å². The molecule has 3 amide bonds. The molecule has 19 heteroatoms. The van der Waals surface area contributed by atoms with Gasteiger partial charge in [-0.15, -0.1) is 16.9 Å². The third kappa shape index (κ3) is 6.59. The van der Waals surface area contributed by atoms with Crippen LogP contribution in [0.3, 0.4) is 0 Å². The van der Waals surface area contributed by atoms with Crippen LogP contribution in [0.25, 0.3) is 0 Å². The van der Waals surface area contributed by atoms with Gasteiger partial charge in [-0.25, -0.2) is 14.3 Å². The Bertz CT molecular complexity index is 1400. The van der Waals surface area contributed by atoms with E-state index in [1.807, 2.05) is 0 Å². The summed E-state index contributed by atoms with van der Waals surface area (Å²) in [6.07, 6.45) is -2.62. The molecule has 17 nitrogen and oxygen atoms in total. The van der Waals surface area contributed by atoms with Gasteiger partial charge in [0.05, 0.1) is 0 Å². The Kier molecular flexibility index (Phi) is 9.11. The SMILES string of the molecule is Cn1nnnc1SCC1=C(C(=O)O)N2C(=O)C(NC(=O)C(O)c3ccc(NC(=O)OCC(N)C(=O)O)cc3)C2SC1. The van der Waals surface area contributed by atoms with Gasteiger partial charge in [0.2, 0.25) is 5.16 Å². The average Bonchev–Trinajstić information content (AvgIpc) is 3.36. The van der Waals surface area contributed by atoms with E-state index in [-0.39, 0.29) is 22.7 Å². The number of aliphatic hydroxyl groups is 1. The molecule has 218 valence electrons. The molecule has 4 unspecified atom stereocenters. The molecule has 1 fully saturated rings. The molecule has 1 saturated heterocycles. The number of nitrogens with zero attached hydrogens (tertiary/aromatic N) is 5. The number of amides is 3. The van der Waals surface area contributed by atoms with E-state index >= 15 is 0 Å². The number of tetrazole rings is 1. The molecule has 3 heterocycles. The van der Waals surface area contributed by atoms with Gasteiger partial charge in [0.25, 0.3) is 11.8 Å². The van der Waals surface area contributed by atoms with Gasteiger partial charge in [0, 0.05) is 24.2 Å². The minimum absolute atomic E-state index is 0.151. The van der Waals surface area contributed by atoms with Gasteiger partial charge in [-0.3, -0.25) is 24.6 Å². The van der Waals surface area contributed by atoms with Crippen LogP contribution in [-0.2, 0) is 31.0 Å². The summed E-state index contributed by atoms with van der Waals surface area (Å²) in [5, 5.41) is 44.8. The number of carboxylic acids is 2. The molecule has 0 radical (unpaired) electrons. The summed E-state index contributed by atoms with van der Waals surface area (Å²) < 4.78 is 6.15. The van der Waals surface area contributed by atoms with Crippen molar-refractivity contribution in [3.63, 3.8) is 0 Å². The molecule has 2 aliphatic heterocycles. The van der Waals surface area contributed by atoms with Crippen molar-refractivity contribution in [2.24, 2.45) is 12.8 Å². The second-order valence-electron chi connectivity index (χ2n) is 8.72. The molecule has 0 spiro atoms. The van der Waals surface area contributed by atoms with Crippen molar-refractivity contribution in [1.29, 1.82) is 0 Å². The van der Waals surface area contributed by atoms with Crippen molar-refractivity contribution < 1.29 is 44.0 Å². The number of carbonyl (C=O) groups is 5. The van der Waals surface area contributed by atoms with Gasteiger partial charge >= 0.3 is 18.0 Å². The molecule has 2 aliphatic rings. The molecule has 7 N–H and O–H groups in total. The van der Waals surface area contributed by atoms with E-state index in [0.29, 0.717) is 16.5 Å². The molecule has 1 aromatic carbocycles. The average molecular weight is 609 g/mol. The second-order valence-corrected chi connectivity index (χ2v) is 10.8. The van der Waals surface area contributed by atoms with Crippen molar-refractivity contribution in [1.82, 2.24) is 30.4 Å². The Morgan fingerprint density at radius 2 is 1.95 bits per heavy atom. The van der Waals surface area contributed by atoms with Crippen LogP contribution in [0, 0.1) is 0 Å². The zero-order valence-corrected chi connectivity index (χ0v) is 22.8. The zero-order chi connectivity index (χ0) is 29.8. The van der Waals surface area contributed by atoms with E-state index in [2.05, 4.69) is 26.2 Å². The molecule has 0 aliphatic carbocycles. The molecule has 2 aromatic rings. The van der Waals surface area contributed by atoms with Crippen LogP contribution >= 0.6 is 23.5 Å². The molecular weight excluding hydrogens is 584 g/mol. The first-order chi connectivity index (χ1) is 19.5. The van der Waals surface area contributed by atoms with E-state index < -0.39 is 60.0 Å². The van der Waals surface area contributed by atoms with Gasteiger partial charge < -0.3 is 31.1 Å². The fourth-order valence-electron chi connectivity index (χ4n) is 3.81. The lowest BCUT2D eigenvalue weighted by atomic mass is 10.0. The van der Waals surface area contributed by atoms with Crippen molar-refractivity contribution in [2.45, 2.75) is 28.7 Å². The lowest BCUT2D eigenvalue weighted by Crippen LogP contribution is -2.70. The molecule has 0 saturated carbocycles. The number of β-lactam (4-membered cyclic amide) rings is 1. The number of hydrogen-bond donors (Lipinski definition) is 6. The highest BCUT2D eigenvalue weighted by Crippen LogP contribution is 2.41. The fraction of sp³-hybridized carbons (Fsp3) is 0.364. The quantitative estimate of drug-likeness (QED) is 0.128. The summed E-state index contributed by atoms with van der Waals surface area (Å²) in [5.41, 5.74) is 6.00. The number of aryl methyl sites for hydroxylation is 1. The van der Waals surface area contributed by atoms with E-state index in [1.54, 1.807) is 7.05 Å². The number of aromatic nitrogens is 4. The Balaban J connectivity index is 1.33. The molecule has 4 atom stereocenters. The first kappa shape index (κ1) is 29.8. The number of thioether (sulfide) groups is 2. The summed E-state index contributed by atoms with van der Waals surface area (Å²) in [4.78, 5) is 61.3. The third-order valence-corrected chi connectivity index (χ3v) is 8.37. The maximum absolute atomic E-state index is 12.9. The predicted octanol–water partition coefficient (Wildman–Crippen LogP) is -1.27. The minimum atomic E-state index is -1.67. The van der Waals surface area contributed by atoms with Crippen LogP contribution < -0.4 is 16.4 Å². The maximum Gasteiger partial charge on any atom is 0.411 e. The maximum atomic E-state index is 12.9. The largest absolute Gasteiger partial charge is 0.480 e. The van der Waals surface area contributed by atoms with E-state index in [1.165, 1.54) is 52.5 Å². The summed E-state index contributed by atoms with van der Waals surface area (Å²) >= 11 is 2.51. The molecule has 1 aromatic heterocycles. The highest BCUT2D eigenvalue weighted by Gasteiger charge is 2.54. The van der Waals surface area contributed by atoms with E-state index in [9.17, 15) is 34.2 Å². The number of carboxylic acid groups (broad SMARTS) is 2. The number of aliphatic carboxylic acids is 2. The fourth-order valence-corrected chi connectivity index (χ4v) is 6.15. The Hall–Kier alpha value is -4.20. The standard InChI is InChI=1S/C22H24N8O9S2/c1-29-21(26-27-28-29)41-8-10-7-40-18-13(17(33)30(18)14(10)20(36)37)25-16(32)15(31)9-2-4-11(5-3-9)24-22(38)39-6-12(23)19(34)35/h2-5,12-13,15,18,31H,6-8,23H2,1H3,(H,24,38)(H,25,32)(H,34,35)(H,36,37). The van der Waals surface area contributed by atoms with E-state index in [4.69, 9.17) is 15.6 Å². The Morgan fingerprint density at radius 3 is 2.56 bits per heavy atom. The Labute approximate surface area is 239 Å². The van der Waals surface area contributed by atoms with Crippen LogP contribution in [0.1, 0.15) is 11.7 Å². The zero-order valence-electron chi connectivity index (χ0n) is 21.2. The number of nitrogens with two attached hydrogens (primary N) is 1. The molecule has 41 heavy (non-hydrogen) atoms. The molecule has 4 rings (SSSR count). The predicted molar refractivity (Wildman–Crippen MR) is 141 cm³/mol. The number of aliphatic hydroxyl groups excluding tert-OH is 1. The van der Waals surface area contributed by atoms with E-state index in [0.717, 1.165) is 4.90 Å². The normalized spacial score (nSPS) is 19.5. The minimum Gasteiger partial charge on any atom is -0.480 e. The lowest BCUT2D eigenvalue weighted by molar-refractivity contribution is -0.151. The third-order valence-electron chi connectivity index (χ3n) is 5.94. The molecule has 0 bridgehead atoms. The first-order valence-corrected chi connectivity index (χ1v) is 13.8. The smallest absolute Gasteiger partial charge is 0.411 e. The number of rotatable bonds is 11.